The predicted molar refractivity (Wildman–Crippen MR) is 69.7 cm³/mol. The first-order valence-electron chi connectivity index (χ1n) is 5.66. The van der Waals surface area contributed by atoms with Crippen LogP contribution in [0.3, 0.4) is 0 Å². The molecule has 0 atom stereocenters. The zero-order valence-corrected chi connectivity index (χ0v) is 12.4. The average Bonchev–Trinajstić information content (AvgIpc) is 1.76. The van der Waals surface area contributed by atoms with E-state index in [0.29, 0.717) is 5.41 Å². The van der Waals surface area contributed by atoms with E-state index in [1.807, 2.05) is 0 Å². The second kappa shape index (κ2) is 4.36. The molecule has 0 aromatic carbocycles. The molecule has 0 rings (SSSR count). The fraction of sp³-hybridized carbons (Fsp3) is 1.00. The molecule has 0 radical (unpaired) electrons. The molecule has 0 unspecified atom stereocenters. The summed E-state index contributed by atoms with van der Waals surface area (Å²) in [5.41, 5.74) is 0.689. The van der Waals surface area contributed by atoms with Crippen molar-refractivity contribution in [3.63, 3.8) is 0 Å². The van der Waals surface area contributed by atoms with Gasteiger partial charge < -0.3 is 5.32 Å². The van der Waals surface area contributed by atoms with Crippen LogP contribution in [0.25, 0.3) is 0 Å². The summed E-state index contributed by atoms with van der Waals surface area (Å²) in [5, 5.41) is 3.61. The molecule has 0 aromatic heterocycles. The molecular weight excluding hydrogens is 186 g/mol. The Morgan fingerprint density at radius 1 is 0.929 bits per heavy atom. The third kappa shape index (κ3) is 8.76. The lowest BCUT2D eigenvalue weighted by Crippen LogP contribution is -2.44. The minimum atomic E-state index is -0.929. The summed E-state index contributed by atoms with van der Waals surface area (Å²) in [7, 11) is -0.929. The van der Waals surface area contributed by atoms with Gasteiger partial charge in [-0.2, -0.15) is 0 Å². The molecule has 14 heavy (non-hydrogen) atoms. The lowest BCUT2D eigenvalue weighted by atomic mass is 9.94. The molecule has 0 aliphatic rings. The van der Waals surface area contributed by atoms with Gasteiger partial charge in [-0.05, 0) is 26.2 Å². The van der Waals surface area contributed by atoms with Gasteiger partial charge in [-0.3, -0.25) is 0 Å². The van der Waals surface area contributed by atoms with Crippen LogP contribution in [0.1, 0.15) is 34.6 Å². The maximum atomic E-state index is 3.61. The van der Waals surface area contributed by atoms with Crippen molar-refractivity contribution in [1.29, 1.82) is 0 Å². The topological polar surface area (TPSA) is 12.0 Å². The molecule has 0 heterocycles. The number of hydrogen-bond acceptors (Lipinski definition) is 1. The van der Waals surface area contributed by atoms with E-state index in [9.17, 15) is 0 Å². The molecule has 1 N–H and O–H groups in total. The standard InChI is InChI=1S/C12H29NSi/c1-11(2,3)13-9-12(4,5)10-14(6,7)8/h13H,9-10H2,1-8H3. The van der Waals surface area contributed by atoms with Crippen LogP contribution in [-0.2, 0) is 0 Å². The van der Waals surface area contributed by atoms with Gasteiger partial charge in [-0.25, -0.2) is 0 Å². The van der Waals surface area contributed by atoms with E-state index in [1.54, 1.807) is 0 Å². The van der Waals surface area contributed by atoms with Crippen LogP contribution in [-0.4, -0.2) is 20.2 Å². The second-order valence-corrected chi connectivity index (χ2v) is 13.0. The van der Waals surface area contributed by atoms with Crippen LogP contribution >= 0.6 is 0 Å². The fourth-order valence-electron chi connectivity index (χ4n) is 2.00. The SMILES string of the molecule is CC(C)(CNC(C)(C)C)C[Si](C)(C)C. The maximum absolute atomic E-state index is 3.61. The van der Waals surface area contributed by atoms with Gasteiger partial charge in [0.2, 0.25) is 0 Å². The first-order chi connectivity index (χ1) is 5.91. The maximum Gasteiger partial charge on any atom is 0.0448 e. The molecule has 0 fully saturated rings. The van der Waals surface area contributed by atoms with E-state index in [2.05, 4.69) is 59.6 Å². The molecule has 86 valence electrons. The Hall–Kier alpha value is 0.177. The lowest BCUT2D eigenvalue weighted by molar-refractivity contribution is 0.312. The second-order valence-electron chi connectivity index (χ2n) is 7.51. The van der Waals surface area contributed by atoms with Crippen molar-refractivity contribution >= 4 is 8.07 Å². The van der Waals surface area contributed by atoms with Crippen LogP contribution in [0.5, 0.6) is 0 Å². The number of hydrogen-bond donors (Lipinski definition) is 1. The molecule has 0 spiro atoms. The Morgan fingerprint density at radius 3 is 1.64 bits per heavy atom. The summed E-state index contributed by atoms with van der Waals surface area (Å²) >= 11 is 0. The van der Waals surface area contributed by atoms with Crippen LogP contribution < -0.4 is 5.32 Å². The highest BCUT2D eigenvalue weighted by molar-refractivity contribution is 6.76. The molecule has 2 heteroatoms. The summed E-state index contributed by atoms with van der Waals surface area (Å²) in [4.78, 5) is 0. The molecule has 1 nitrogen and oxygen atoms in total. The van der Waals surface area contributed by atoms with E-state index in [1.165, 1.54) is 6.04 Å². The summed E-state index contributed by atoms with van der Waals surface area (Å²) in [6.45, 7) is 19.9. The molecular formula is C12H29NSi. The van der Waals surface area contributed by atoms with Crippen molar-refractivity contribution in [1.82, 2.24) is 5.32 Å². The molecule has 0 saturated heterocycles. The predicted octanol–water partition coefficient (Wildman–Crippen LogP) is 3.74. The largest absolute Gasteiger partial charge is 0.312 e. The Morgan fingerprint density at radius 2 is 1.36 bits per heavy atom. The highest BCUT2D eigenvalue weighted by Crippen LogP contribution is 2.28. The molecule has 0 aromatic rings. The highest BCUT2D eigenvalue weighted by Gasteiger charge is 2.27. The van der Waals surface area contributed by atoms with Crippen LogP contribution in [0.4, 0.5) is 0 Å². The van der Waals surface area contributed by atoms with E-state index in [-0.39, 0.29) is 5.54 Å². The molecule has 0 bridgehead atoms. The highest BCUT2D eigenvalue weighted by atomic mass is 28.3. The minimum absolute atomic E-state index is 0.247. The van der Waals surface area contributed by atoms with E-state index in [0.717, 1.165) is 6.54 Å². The van der Waals surface area contributed by atoms with Crippen molar-refractivity contribution in [2.75, 3.05) is 6.54 Å². The summed E-state index contributed by atoms with van der Waals surface area (Å²) < 4.78 is 0. The third-order valence-electron chi connectivity index (χ3n) is 2.11. The Bertz CT molecular complexity index is 172. The van der Waals surface area contributed by atoms with Gasteiger partial charge in [-0.1, -0.05) is 39.5 Å². The van der Waals surface area contributed by atoms with E-state index in [4.69, 9.17) is 0 Å². The molecule has 0 saturated carbocycles. The summed E-state index contributed by atoms with van der Waals surface area (Å²) in [5.74, 6) is 0. The Kier molecular flexibility index (Phi) is 4.41. The normalized spacial score (nSPS) is 14.6. The van der Waals surface area contributed by atoms with Crippen molar-refractivity contribution in [3.05, 3.63) is 0 Å². The number of nitrogens with one attached hydrogen (secondary N) is 1. The molecule has 0 aliphatic carbocycles. The zero-order valence-electron chi connectivity index (χ0n) is 11.4. The quantitative estimate of drug-likeness (QED) is 0.705. The minimum Gasteiger partial charge on any atom is -0.312 e. The zero-order chi connectivity index (χ0) is 11.6. The average molecular weight is 215 g/mol. The van der Waals surface area contributed by atoms with Gasteiger partial charge in [-0.15, -0.1) is 0 Å². The Labute approximate surface area is 91.7 Å². The third-order valence-corrected chi connectivity index (χ3v) is 4.12. The molecule has 0 aliphatic heterocycles. The van der Waals surface area contributed by atoms with Gasteiger partial charge in [0, 0.05) is 20.2 Å². The summed E-state index contributed by atoms with van der Waals surface area (Å²) in [6, 6.07) is 1.39. The van der Waals surface area contributed by atoms with Gasteiger partial charge in [0.25, 0.3) is 0 Å². The van der Waals surface area contributed by atoms with E-state index >= 15 is 0 Å². The van der Waals surface area contributed by atoms with Gasteiger partial charge in [0.1, 0.15) is 0 Å². The van der Waals surface area contributed by atoms with Crippen molar-refractivity contribution in [3.8, 4) is 0 Å². The van der Waals surface area contributed by atoms with Gasteiger partial charge in [0.15, 0.2) is 0 Å². The fourth-order valence-corrected chi connectivity index (χ4v) is 5.00. The monoisotopic (exact) mass is 215 g/mol. The van der Waals surface area contributed by atoms with Crippen molar-refractivity contribution in [2.45, 2.75) is 65.8 Å². The smallest absolute Gasteiger partial charge is 0.0448 e. The first kappa shape index (κ1) is 14.2. The lowest BCUT2D eigenvalue weighted by Gasteiger charge is -2.34. The van der Waals surface area contributed by atoms with Crippen molar-refractivity contribution < 1.29 is 0 Å². The number of rotatable bonds is 4. The van der Waals surface area contributed by atoms with Crippen LogP contribution in [0.2, 0.25) is 25.7 Å². The van der Waals surface area contributed by atoms with Crippen LogP contribution in [0.15, 0.2) is 0 Å². The summed E-state index contributed by atoms with van der Waals surface area (Å²) in [6.07, 6.45) is 0. The van der Waals surface area contributed by atoms with Gasteiger partial charge in [0.05, 0.1) is 0 Å². The Balaban J connectivity index is 4.09. The molecule has 0 amide bonds. The first-order valence-corrected chi connectivity index (χ1v) is 9.37. The van der Waals surface area contributed by atoms with E-state index < -0.39 is 8.07 Å². The van der Waals surface area contributed by atoms with Crippen LogP contribution in [0, 0.1) is 5.41 Å². The van der Waals surface area contributed by atoms with Gasteiger partial charge >= 0.3 is 0 Å². The van der Waals surface area contributed by atoms with Crippen molar-refractivity contribution in [2.24, 2.45) is 5.41 Å².